The average Bonchev–Trinajstić information content (AvgIpc) is 2.79. The first-order valence-electron chi connectivity index (χ1n) is 6.18. The molecule has 1 aromatic rings. The maximum absolute atomic E-state index is 13.1. The zero-order valence-corrected chi connectivity index (χ0v) is 10.9. The molecule has 2 rings (SSSR count). The van der Waals surface area contributed by atoms with E-state index >= 15 is 0 Å². The van der Waals surface area contributed by atoms with Crippen molar-refractivity contribution in [1.29, 1.82) is 0 Å². The van der Waals surface area contributed by atoms with Gasteiger partial charge in [0.2, 0.25) is 5.92 Å². The van der Waals surface area contributed by atoms with Crippen molar-refractivity contribution in [2.75, 3.05) is 7.05 Å². The van der Waals surface area contributed by atoms with E-state index in [9.17, 15) is 8.78 Å². The third-order valence-corrected chi connectivity index (χ3v) is 4.60. The Kier molecular flexibility index (Phi) is 4.15. The molecule has 0 bridgehead atoms. The fourth-order valence-corrected chi connectivity index (χ4v) is 3.38. The molecule has 1 saturated carbocycles. The first-order valence-corrected chi connectivity index (χ1v) is 7.06. The molecule has 1 unspecified atom stereocenters. The van der Waals surface area contributed by atoms with Crippen LogP contribution in [0.4, 0.5) is 8.78 Å². The van der Waals surface area contributed by atoms with E-state index in [1.807, 2.05) is 13.1 Å². The minimum atomic E-state index is -2.42. The molecule has 0 aliphatic heterocycles. The Labute approximate surface area is 105 Å². The fraction of sp³-hybridized carbons (Fsp3) is 0.692. The molecule has 1 fully saturated rings. The smallest absolute Gasteiger partial charge is 0.248 e. The van der Waals surface area contributed by atoms with Gasteiger partial charge in [-0.1, -0.05) is 6.07 Å². The van der Waals surface area contributed by atoms with Gasteiger partial charge >= 0.3 is 0 Å². The van der Waals surface area contributed by atoms with Gasteiger partial charge in [-0.3, -0.25) is 0 Å². The van der Waals surface area contributed by atoms with E-state index in [0.29, 0.717) is 24.8 Å². The van der Waals surface area contributed by atoms with Crippen LogP contribution >= 0.6 is 11.3 Å². The minimum Gasteiger partial charge on any atom is -0.316 e. The van der Waals surface area contributed by atoms with Crippen LogP contribution in [0.5, 0.6) is 0 Å². The molecular weight excluding hydrogens is 240 g/mol. The number of likely N-dealkylation sites (N-methyl/N-ethyl adjacent to an activating group) is 1. The molecule has 4 heteroatoms. The van der Waals surface area contributed by atoms with Gasteiger partial charge in [0, 0.05) is 23.8 Å². The van der Waals surface area contributed by atoms with Crippen molar-refractivity contribution in [2.24, 2.45) is 5.92 Å². The highest BCUT2D eigenvalue weighted by molar-refractivity contribution is 7.09. The molecule has 1 N–H and O–H groups in total. The highest BCUT2D eigenvalue weighted by Crippen LogP contribution is 2.38. The lowest BCUT2D eigenvalue weighted by molar-refractivity contribution is -0.0492. The number of hydrogen-bond acceptors (Lipinski definition) is 2. The summed E-state index contributed by atoms with van der Waals surface area (Å²) in [5, 5.41) is 5.37. The molecule has 0 spiro atoms. The predicted molar refractivity (Wildman–Crippen MR) is 67.8 cm³/mol. The van der Waals surface area contributed by atoms with Crippen LogP contribution in [0.15, 0.2) is 17.5 Å². The first-order chi connectivity index (χ1) is 8.11. The van der Waals surface area contributed by atoms with Gasteiger partial charge in [0.1, 0.15) is 0 Å². The summed E-state index contributed by atoms with van der Waals surface area (Å²) in [6.07, 6.45) is 2.36. The van der Waals surface area contributed by atoms with Crippen LogP contribution in [-0.4, -0.2) is 19.0 Å². The van der Waals surface area contributed by atoms with Crippen molar-refractivity contribution in [3.05, 3.63) is 22.4 Å². The van der Waals surface area contributed by atoms with Gasteiger partial charge in [0.05, 0.1) is 0 Å². The SMILES string of the molecule is CNC(Cc1cccs1)C1CCC(F)(F)CC1. The van der Waals surface area contributed by atoms with Crippen molar-refractivity contribution in [3.8, 4) is 0 Å². The van der Waals surface area contributed by atoms with Crippen LogP contribution in [0.2, 0.25) is 0 Å². The molecule has 1 aliphatic carbocycles. The van der Waals surface area contributed by atoms with Gasteiger partial charge in [-0.25, -0.2) is 8.78 Å². The topological polar surface area (TPSA) is 12.0 Å². The van der Waals surface area contributed by atoms with Gasteiger partial charge < -0.3 is 5.32 Å². The van der Waals surface area contributed by atoms with Crippen molar-refractivity contribution < 1.29 is 8.78 Å². The van der Waals surface area contributed by atoms with Gasteiger partial charge in [0.15, 0.2) is 0 Å². The van der Waals surface area contributed by atoms with Crippen LogP contribution in [0.1, 0.15) is 30.6 Å². The number of nitrogens with one attached hydrogen (secondary N) is 1. The Hall–Kier alpha value is -0.480. The highest BCUT2D eigenvalue weighted by atomic mass is 32.1. The average molecular weight is 259 g/mol. The van der Waals surface area contributed by atoms with E-state index in [1.54, 1.807) is 11.3 Å². The number of rotatable bonds is 4. The highest BCUT2D eigenvalue weighted by Gasteiger charge is 2.37. The predicted octanol–water partition coefficient (Wildman–Crippen LogP) is 3.70. The molecule has 1 aliphatic rings. The molecule has 1 aromatic heterocycles. The summed E-state index contributed by atoms with van der Waals surface area (Å²) in [7, 11) is 1.94. The number of halogens is 2. The molecule has 17 heavy (non-hydrogen) atoms. The second kappa shape index (κ2) is 5.44. The van der Waals surface area contributed by atoms with E-state index in [-0.39, 0.29) is 12.8 Å². The van der Waals surface area contributed by atoms with E-state index in [4.69, 9.17) is 0 Å². The lowest BCUT2D eigenvalue weighted by Gasteiger charge is -2.33. The van der Waals surface area contributed by atoms with Crippen molar-refractivity contribution in [1.82, 2.24) is 5.32 Å². The Morgan fingerprint density at radius 1 is 1.47 bits per heavy atom. The molecule has 1 nitrogen and oxygen atoms in total. The zero-order valence-electron chi connectivity index (χ0n) is 10.1. The summed E-state index contributed by atoms with van der Waals surface area (Å²) >= 11 is 1.74. The van der Waals surface area contributed by atoms with Crippen molar-refractivity contribution >= 4 is 11.3 Å². The molecule has 0 aromatic carbocycles. The summed E-state index contributed by atoms with van der Waals surface area (Å²) < 4.78 is 26.2. The summed E-state index contributed by atoms with van der Waals surface area (Å²) in [6, 6.07) is 4.50. The van der Waals surface area contributed by atoms with E-state index in [1.165, 1.54) is 4.88 Å². The summed E-state index contributed by atoms with van der Waals surface area (Å²) in [4.78, 5) is 1.33. The van der Waals surface area contributed by atoms with Gasteiger partial charge in [-0.2, -0.15) is 0 Å². The van der Waals surface area contributed by atoms with E-state index in [0.717, 1.165) is 6.42 Å². The van der Waals surface area contributed by atoms with Crippen molar-refractivity contribution in [3.63, 3.8) is 0 Å². The first kappa shape index (κ1) is 13.0. The molecule has 96 valence electrons. The lowest BCUT2D eigenvalue weighted by atomic mass is 9.81. The van der Waals surface area contributed by atoms with Crippen LogP contribution in [0.3, 0.4) is 0 Å². The van der Waals surface area contributed by atoms with Crippen LogP contribution in [0.25, 0.3) is 0 Å². The molecule has 0 saturated heterocycles. The third kappa shape index (κ3) is 3.49. The number of alkyl halides is 2. The molecule has 1 atom stereocenters. The molecule has 0 radical (unpaired) electrons. The van der Waals surface area contributed by atoms with Crippen LogP contribution < -0.4 is 5.32 Å². The van der Waals surface area contributed by atoms with Crippen LogP contribution in [-0.2, 0) is 6.42 Å². The summed E-state index contributed by atoms with van der Waals surface area (Å²) in [5.41, 5.74) is 0. The monoisotopic (exact) mass is 259 g/mol. The van der Waals surface area contributed by atoms with Gasteiger partial charge in [-0.05, 0) is 43.7 Å². The third-order valence-electron chi connectivity index (χ3n) is 3.70. The fourth-order valence-electron chi connectivity index (χ4n) is 2.61. The van der Waals surface area contributed by atoms with E-state index in [2.05, 4.69) is 16.8 Å². The van der Waals surface area contributed by atoms with Gasteiger partial charge in [0.25, 0.3) is 0 Å². The summed E-state index contributed by atoms with van der Waals surface area (Å²) in [6.45, 7) is 0. The van der Waals surface area contributed by atoms with Gasteiger partial charge in [-0.15, -0.1) is 11.3 Å². The Morgan fingerprint density at radius 3 is 2.71 bits per heavy atom. The quantitative estimate of drug-likeness (QED) is 0.869. The second-order valence-electron chi connectivity index (χ2n) is 4.87. The maximum atomic E-state index is 13.1. The Morgan fingerprint density at radius 2 is 2.18 bits per heavy atom. The second-order valence-corrected chi connectivity index (χ2v) is 5.90. The number of thiophene rings is 1. The largest absolute Gasteiger partial charge is 0.316 e. The standard InChI is InChI=1S/C13H19F2NS/c1-16-12(9-11-3-2-8-17-11)10-4-6-13(14,15)7-5-10/h2-3,8,10,12,16H,4-7,9H2,1H3. The summed E-state index contributed by atoms with van der Waals surface area (Å²) in [5.74, 6) is -2.03. The Bertz CT molecular complexity index is 327. The molecular formula is C13H19F2NS. The number of hydrogen-bond donors (Lipinski definition) is 1. The maximum Gasteiger partial charge on any atom is 0.248 e. The molecule has 0 amide bonds. The van der Waals surface area contributed by atoms with Crippen LogP contribution in [0, 0.1) is 5.92 Å². The normalized spacial score (nSPS) is 22.5. The Balaban J connectivity index is 1.91. The minimum absolute atomic E-state index is 0.0558. The zero-order chi connectivity index (χ0) is 12.3. The molecule has 1 heterocycles. The van der Waals surface area contributed by atoms with E-state index < -0.39 is 5.92 Å². The lowest BCUT2D eigenvalue weighted by Crippen LogP contribution is -2.39. The van der Waals surface area contributed by atoms with Crippen molar-refractivity contribution in [2.45, 2.75) is 44.1 Å².